The van der Waals surface area contributed by atoms with Crippen LogP contribution >= 0.6 is 23.2 Å². The summed E-state index contributed by atoms with van der Waals surface area (Å²) in [6.45, 7) is 10.9. The molecule has 26 heavy (non-hydrogen) atoms. The Balaban J connectivity index is 2.25. The van der Waals surface area contributed by atoms with Crippen LogP contribution in [0.1, 0.15) is 35.3 Å². The van der Waals surface area contributed by atoms with Crippen LogP contribution in [0.3, 0.4) is 0 Å². The van der Waals surface area contributed by atoms with E-state index in [0.717, 1.165) is 22.3 Å². The van der Waals surface area contributed by atoms with Gasteiger partial charge in [0.15, 0.2) is 0 Å². The van der Waals surface area contributed by atoms with Crippen LogP contribution in [0.5, 0.6) is 0 Å². The molecule has 0 aliphatic carbocycles. The number of allylic oxidation sites excluding steroid dienone is 1. The summed E-state index contributed by atoms with van der Waals surface area (Å²) in [4.78, 5) is 1.98. The Morgan fingerprint density at radius 3 is 2.31 bits per heavy atom. The largest absolute Gasteiger partial charge is 0.367 e. The number of aryl methyl sites for hydroxylation is 2. The summed E-state index contributed by atoms with van der Waals surface area (Å²) < 4.78 is 6.24. The van der Waals surface area contributed by atoms with Gasteiger partial charge in [-0.2, -0.15) is 0 Å². The molecule has 0 fully saturated rings. The minimum Gasteiger partial charge on any atom is -0.367 e. The molecule has 0 aromatic heterocycles. The molecule has 1 unspecified atom stereocenters. The molecule has 4 heteroatoms. The molecule has 0 aliphatic heterocycles. The Labute approximate surface area is 166 Å². The lowest BCUT2D eigenvalue weighted by molar-refractivity contribution is 0.0287. The zero-order valence-electron chi connectivity index (χ0n) is 15.5. The predicted molar refractivity (Wildman–Crippen MR) is 112 cm³/mol. The highest BCUT2D eigenvalue weighted by Crippen LogP contribution is 2.29. The van der Waals surface area contributed by atoms with E-state index in [1.54, 1.807) is 6.20 Å². The average molecular weight is 390 g/mol. The minimum atomic E-state index is -0.213. The third-order valence-electron chi connectivity index (χ3n) is 4.10. The van der Waals surface area contributed by atoms with Gasteiger partial charge in [0.05, 0.1) is 13.2 Å². The van der Waals surface area contributed by atoms with E-state index in [0.29, 0.717) is 23.2 Å². The second kappa shape index (κ2) is 9.82. The number of hydrogen-bond donors (Lipinski definition) is 0. The van der Waals surface area contributed by atoms with Gasteiger partial charge in [-0.05, 0) is 62.0 Å². The number of benzene rings is 2. The maximum atomic E-state index is 6.49. The van der Waals surface area contributed by atoms with Crippen molar-refractivity contribution < 1.29 is 4.74 Å². The molecule has 2 nitrogen and oxygen atoms in total. The zero-order chi connectivity index (χ0) is 19.1. The van der Waals surface area contributed by atoms with Crippen LogP contribution in [0.25, 0.3) is 0 Å². The van der Waals surface area contributed by atoms with Crippen LogP contribution in [-0.2, 0) is 11.3 Å². The molecule has 0 heterocycles. The molecule has 0 saturated heterocycles. The highest BCUT2D eigenvalue weighted by molar-refractivity contribution is 6.31. The summed E-state index contributed by atoms with van der Waals surface area (Å²) in [6.07, 6.45) is 5.49. The van der Waals surface area contributed by atoms with E-state index >= 15 is 0 Å². The lowest BCUT2D eigenvalue weighted by Crippen LogP contribution is -2.21. The fourth-order valence-electron chi connectivity index (χ4n) is 2.67. The van der Waals surface area contributed by atoms with Crippen LogP contribution in [0.15, 0.2) is 61.5 Å². The first-order valence-corrected chi connectivity index (χ1v) is 9.34. The van der Waals surface area contributed by atoms with Crippen molar-refractivity contribution in [3.05, 3.63) is 93.8 Å². The first kappa shape index (κ1) is 20.6. The number of hydrogen-bond acceptors (Lipinski definition) is 2. The van der Waals surface area contributed by atoms with Gasteiger partial charge in [-0.25, -0.2) is 0 Å². The second-order valence-electron chi connectivity index (χ2n) is 6.28. The quantitative estimate of drug-likeness (QED) is 0.489. The molecule has 0 saturated carbocycles. The van der Waals surface area contributed by atoms with Gasteiger partial charge in [-0.15, -0.1) is 0 Å². The fraction of sp³-hybridized carbons (Fsp3) is 0.273. The van der Waals surface area contributed by atoms with Crippen molar-refractivity contribution in [2.45, 2.75) is 33.5 Å². The maximum absolute atomic E-state index is 6.49. The lowest BCUT2D eigenvalue weighted by atomic mass is 10.1. The average Bonchev–Trinajstić information content (AvgIpc) is 2.59. The van der Waals surface area contributed by atoms with E-state index in [-0.39, 0.29) is 6.10 Å². The Kier molecular flexibility index (Phi) is 7.77. The van der Waals surface area contributed by atoms with Crippen molar-refractivity contribution >= 4 is 23.2 Å². The van der Waals surface area contributed by atoms with Crippen molar-refractivity contribution in [1.82, 2.24) is 4.90 Å². The number of nitrogens with zero attached hydrogens (tertiary/aromatic N) is 1. The third-order valence-corrected chi connectivity index (χ3v) is 4.78. The van der Waals surface area contributed by atoms with E-state index in [1.807, 2.05) is 74.3 Å². The highest BCUT2D eigenvalue weighted by atomic mass is 35.5. The van der Waals surface area contributed by atoms with Gasteiger partial charge in [0, 0.05) is 15.6 Å². The molecule has 2 aromatic carbocycles. The molecule has 0 N–H and O–H groups in total. The monoisotopic (exact) mass is 389 g/mol. The lowest BCUT2D eigenvalue weighted by Gasteiger charge is -2.25. The smallest absolute Gasteiger partial charge is 0.102 e. The number of halogens is 2. The molecule has 0 spiro atoms. The Bertz CT molecular complexity index is 786. The van der Waals surface area contributed by atoms with E-state index in [2.05, 4.69) is 6.58 Å². The van der Waals surface area contributed by atoms with Crippen molar-refractivity contribution in [1.29, 1.82) is 0 Å². The molecule has 0 radical (unpaired) electrons. The van der Waals surface area contributed by atoms with Crippen LogP contribution < -0.4 is 0 Å². The van der Waals surface area contributed by atoms with Gasteiger partial charge in [0.1, 0.15) is 6.10 Å². The molecular weight excluding hydrogens is 365 g/mol. The van der Waals surface area contributed by atoms with Crippen LogP contribution in [-0.4, -0.2) is 11.4 Å². The van der Waals surface area contributed by atoms with Gasteiger partial charge >= 0.3 is 0 Å². The SMILES string of the molecule is C=CN(/C=C\C)CC(OCc1ccc(C)cc1Cl)c1ccc(C)cc1Cl. The van der Waals surface area contributed by atoms with Gasteiger partial charge in [-0.1, -0.05) is 60.1 Å². The van der Waals surface area contributed by atoms with Crippen LogP contribution in [0.4, 0.5) is 0 Å². The first-order chi connectivity index (χ1) is 12.4. The van der Waals surface area contributed by atoms with Crippen molar-refractivity contribution in [3.63, 3.8) is 0 Å². The molecule has 1 atom stereocenters. The van der Waals surface area contributed by atoms with E-state index in [1.165, 1.54) is 0 Å². The molecular formula is C22H25Cl2NO. The predicted octanol–water partition coefficient (Wildman–Crippen LogP) is 6.85. The normalized spacial score (nSPS) is 12.3. The summed E-state index contributed by atoms with van der Waals surface area (Å²) >= 11 is 12.8. The summed E-state index contributed by atoms with van der Waals surface area (Å²) in [5.74, 6) is 0. The highest BCUT2D eigenvalue weighted by Gasteiger charge is 2.18. The molecule has 0 amide bonds. The zero-order valence-corrected chi connectivity index (χ0v) is 17.0. The van der Waals surface area contributed by atoms with E-state index in [4.69, 9.17) is 27.9 Å². The molecule has 2 aromatic rings. The van der Waals surface area contributed by atoms with E-state index < -0.39 is 0 Å². The third kappa shape index (κ3) is 5.63. The second-order valence-corrected chi connectivity index (χ2v) is 7.10. The summed E-state index contributed by atoms with van der Waals surface area (Å²) in [7, 11) is 0. The number of rotatable bonds is 8. The summed E-state index contributed by atoms with van der Waals surface area (Å²) in [6, 6.07) is 12.0. The molecule has 138 valence electrons. The van der Waals surface area contributed by atoms with Crippen LogP contribution in [0.2, 0.25) is 10.0 Å². The van der Waals surface area contributed by atoms with Gasteiger partial charge < -0.3 is 9.64 Å². The van der Waals surface area contributed by atoms with Gasteiger partial charge in [0.2, 0.25) is 0 Å². The topological polar surface area (TPSA) is 12.5 Å². The van der Waals surface area contributed by atoms with E-state index in [9.17, 15) is 0 Å². The first-order valence-electron chi connectivity index (χ1n) is 8.58. The van der Waals surface area contributed by atoms with Gasteiger partial charge in [0.25, 0.3) is 0 Å². The Morgan fingerprint density at radius 2 is 1.73 bits per heavy atom. The summed E-state index contributed by atoms with van der Waals surface area (Å²) in [5.41, 5.74) is 4.16. The molecule has 0 aliphatic rings. The van der Waals surface area contributed by atoms with Gasteiger partial charge in [-0.3, -0.25) is 0 Å². The summed E-state index contributed by atoms with van der Waals surface area (Å²) in [5, 5.41) is 1.42. The minimum absolute atomic E-state index is 0.213. The standard InChI is InChI=1S/C22H25Cl2NO/c1-5-11-25(6-2)14-22(19-10-8-17(4)13-21(19)24)26-15-18-9-7-16(3)12-20(18)23/h5-13,22H,2,14-15H2,1,3-4H3/b11-5-. The maximum Gasteiger partial charge on any atom is 0.102 e. The number of ether oxygens (including phenoxy) is 1. The Morgan fingerprint density at radius 1 is 1.08 bits per heavy atom. The van der Waals surface area contributed by atoms with Crippen LogP contribution in [0, 0.1) is 13.8 Å². The molecule has 2 rings (SSSR count). The van der Waals surface area contributed by atoms with Crippen molar-refractivity contribution in [3.8, 4) is 0 Å². The Hall–Kier alpha value is -1.74. The fourth-order valence-corrected chi connectivity index (χ4v) is 3.32. The molecule has 0 bridgehead atoms. The van der Waals surface area contributed by atoms with Crippen molar-refractivity contribution in [2.75, 3.05) is 6.54 Å². The van der Waals surface area contributed by atoms with Crippen molar-refractivity contribution in [2.24, 2.45) is 0 Å².